The predicted octanol–water partition coefficient (Wildman–Crippen LogP) is 6.91. The third-order valence-electron chi connectivity index (χ3n) is 8.72. The maximum atomic E-state index is 13.6. The van der Waals surface area contributed by atoms with E-state index >= 15 is 0 Å². The van der Waals surface area contributed by atoms with Crippen LogP contribution in [0.4, 0.5) is 11.4 Å². The standard InChI is InChI=1S/C34H32N2O3/c1-33(2)27(36-26-16-14-20-10-6-8-12-22(20)30(26)33)17-23-31(38)24(32(23)39)18-28(37)34(3,4)29-21-11-7-5-9-19(21)13-15-25(29)35/h5-16,18,27,36,38H,17,35H2,1-4H3/b24-18+. The molecule has 1 unspecified atom stereocenters. The summed E-state index contributed by atoms with van der Waals surface area (Å²) in [4.78, 5) is 26.8. The van der Waals surface area contributed by atoms with Crippen molar-refractivity contribution in [2.75, 3.05) is 11.1 Å². The molecule has 0 saturated carbocycles. The van der Waals surface area contributed by atoms with Crippen molar-refractivity contribution in [3.63, 3.8) is 0 Å². The molecule has 0 aromatic heterocycles. The van der Waals surface area contributed by atoms with Crippen LogP contribution in [0.5, 0.6) is 0 Å². The number of allylic oxidation sites excluding steroid dienone is 2. The van der Waals surface area contributed by atoms with Crippen LogP contribution in [0, 0.1) is 0 Å². The van der Waals surface area contributed by atoms with Gasteiger partial charge >= 0.3 is 0 Å². The molecule has 6 rings (SSSR count). The maximum absolute atomic E-state index is 13.6. The summed E-state index contributed by atoms with van der Waals surface area (Å²) in [6.45, 7) is 7.95. The van der Waals surface area contributed by atoms with Crippen molar-refractivity contribution in [3.05, 3.63) is 107 Å². The fraction of sp³-hybridized carbons (Fsp3) is 0.235. The normalized spacial score (nSPS) is 19.3. The van der Waals surface area contributed by atoms with Crippen LogP contribution in [-0.2, 0) is 20.4 Å². The summed E-state index contributed by atoms with van der Waals surface area (Å²) < 4.78 is 0. The Morgan fingerprint density at radius 2 is 1.59 bits per heavy atom. The van der Waals surface area contributed by atoms with Gasteiger partial charge in [-0.2, -0.15) is 0 Å². The number of ketones is 2. The molecule has 39 heavy (non-hydrogen) atoms. The number of fused-ring (bicyclic) bond motifs is 4. The first-order valence-corrected chi connectivity index (χ1v) is 13.3. The average molecular weight is 517 g/mol. The van der Waals surface area contributed by atoms with Crippen LogP contribution >= 0.6 is 0 Å². The Hall–Kier alpha value is -4.38. The number of benzene rings is 4. The molecule has 4 aromatic carbocycles. The number of aliphatic hydroxyl groups excluding tert-OH is 1. The van der Waals surface area contributed by atoms with Gasteiger partial charge in [-0.1, -0.05) is 74.5 Å². The molecule has 1 atom stereocenters. The minimum absolute atomic E-state index is 0.0700. The summed E-state index contributed by atoms with van der Waals surface area (Å²) in [6.07, 6.45) is 1.66. The molecule has 4 N–H and O–H groups in total. The number of nitrogen functional groups attached to an aromatic ring is 1. The summed E-state index contributed by atoms with van der Waals surface area (Å²) in [5, 5.41) is 18.8. The summed E-state index contributed by atoms with van der Waals surface area (Å²) in [6, 6.07) is 23.9. The SMILES string of the molecule is CC(C)(C(=O)/C=C1/C(=O)C(CC2Nc3ccc4ccccc4c3C2(C)C)=C1O)c1c(N)ccc2ccccc12. The molecule has 0 amide bonds. The van der Waals surface area contributed by atoms with Gasteiger partial charge in [-0.25, -0.2) is 0 Å². The van der Waals surface area contributed by atoms with Gasteiger partial charge in [0.05, 0.1) is 11.0 Å². The molecule has 2 aliphatic rings. The summed E-state index contributed by atoms with van der Waals surface area (Å²) >= 11 is 0. The first-order chi connectivity index (χ1) is 18.5. The minimum atomic E-state index is -0.994. The summed E-state index contributed by atoms with van der Waals surface area (Å²) in [5.41, 5.74) is 9.03. The summed E-state index contributed by atoms with van der Waals surface area (Å²) in [7, 11) is 0. The van der Waals surface area contributed by atoms with Gasteiger partial charge in [0.2, 0.25) is 0 Å². The van der Waals surface area contributed by atoms with Crippen molar-refractivity contribution in [3.8, 4) is 0 Å². The second kappa shape index (κ2) is 8.57. The molecule has 0 bridgehead atoms. The van der Waals surface area contributed by atoms with Crippen LogP contribution in [-0.4, -0.2) is 22.7 Å². The highest BCUT2D eigenvalue weighted by atomic mass is 16.3. The van der Waals surface area contributed by atoms with Gasteiger partial charge in [0, 0.05) is 34.8 Å². The third kappa shape index (κ3) is 3.68. The van der Waals surface area contributed by atoms with E-state index in [-0.39, 0.29) is 34.4 Å². The van der Waals surface area contributed by atoms with E-state index in [1.165, 1.54) is 22.4 Å². The topological polar surface area (TPSA) is 92.4 Å². The molecule has 0 fully saturated rings. The van der Waals surface area contributed by atoms with Gasteiger partial charge in [0.25, 0.3) is 0 Å². The molecule has 0 radical (unpaired) electrons. The van der Waals surface area contributed by atoms with Gasteiger partial charge in [-0.05, 0) is 64.7 Å². The summed E-state index contributed by atoms with van der Waals surface area (Å²) in [5.74, 6) is -0.646. The lowest BCUT2D eigenvalue weighted by atomic mass is 9.72. The van der Waals surface area contributed by atoms with E-state index in [0.717, 1.165) is 22.0 Å². The first-order valence-electron chi connectivity index (χ1n) is 13.3. The molecule has 5 nitrogen and oxygen atoms in total. The van der Waals surface area contributed by atoms with Gasteiger partial charge in [-0.3, -0.25) is 9.59 Å². The molecule has 5 heteroatoms. The smallest absolute Gasteiger partial charge is 0.196 e. The number of hydrogen-bond acceptors (Lipinski definition) is 5. The van der Waals surface area contributed by atoms with Crippen molar-refractivity contribution in [2.45, 2.75) is 51.0 Å². The second-order valence-corrected chi connectivity index (χ2v) is 11.8. The number of carbonyl (C=O) groups is 2. The molecular weight excluding hydrogens is 484 g/mol. The third-order valence-corrected chi connectivity index (χ3v) is 8.72. The fourth-order valence-electron chi connectivity index (χ4n) is 6.36. The Morgan fingerprint density at radius 1 is 0.974 bits per heavy atom. The fourth-order valence-corrected chi connectivity index (χ4v) is 6.36. The van der Waals surface area contributed by atoms with Gasteiger partial charge < -0.3 is 16.2 Å². The Morgan fingerprint density at radius 3 is 2.28 bits per heavy atom. The second-order valence-electron chi connectivity index (χ2n) is 11.8. The zero-order valence-corrected chi connectivity index (χ0v) is 22.6. The number of hydrogen-bond donors (Lipinski definition) is 3. The zero-order chi connectivity index (χ0) is 27.7. The van der Waals surface area contributed by atoms with E-state index < -0.39 is 5.41 Å². The van der Waals surface area contributed by atoms with E-state index in [2.05, 4.69) is 43.4 Å². The van der Waals surface area contributed by atoms with E-state index in [4.69, 9.17) is 5.73 Å². The molecule has 1 aliphatic carbocycles. The van der Waals surface area contributed by atoms with Crippen LogP contribution in [0.3, 0.4) is 0 Å². The zero-order valence-electron chi connectivity index (χ0n) is 22.6. The predicted molar refractivity (Wildman–Crippen MR) is 158 cm³/mol. The van der Waals surface area contributed by atoms with Crippen molar-refractivity contribution >= 4 is 44.5 Å². The number of nitrogens with one attached hydrogen (secondary N) is 1. The van der Waals surface area contributed by atoms with Crippen LogP contribution in [0.2, 0.25) is 0 Å². The van der Waals surface area contributed by atoms with Gasteiger partial charge in [0.1, 0.15) is 5.76 Å². The minimum Gasteiger partial charge on any atom is -0.507 e. The highest BCUT2D eigenvalue weighted by Crippen LogP contribution is 2.48. The van der Waals surface area contributed by atoms with Crippen LogP contribution in [0.15, 0.2) is 95.8 Å². The number of carbonyl (C=O) groups excluding carboxylic acids is 2. The van der Waals surface area contributed by atoms with E-state index in [1.807, 2.05) is 56.3 Å². The molecule has 4 aromatic rings. The average Bonchev–Trinajstić information content (AvgIpc) is 3.19. The van der Waals surface area contributed by atoms with Crippen molar-refractivity contribution in [2.24, 2.45) is 0 Å². The number of rotatable bonds is 5. The maximum Gasteiger partial charge on any atom is 0.196 e. The molecule has 1 aliphatic heterocycles. The van der Waals surface area contributed by atoms with Crippen LogP contribution in [0.1, 0.15) is 45.2 Å². The Kier molecular flexibility index (Phi) is 5.48. The van der Waals surface area contributed by atoms with Crippen LogP contribution in [0.25, 0.3) is 21.5 Å². The highest BCUT2D eigenvalue weighted by Gasteiger charge is 2.45. The van der Waals surface area contributed by atoms with E-state index in [1.54, 1.807) is 6.07 Å². The molecule has 0 spiro atoms. The van der Waals surface area contributed by atoms with Crippen molar-refractivity contribution < 1.29 is 14.7 Å². The molecule has 1 heterocycles. The Bertz CT molecular complexity index is 1770. The molecule has 0 saturated heterocycles. The molecular formula is C34H32N2O3. The number of nitrogens with two attached hydrogens (primary N) is 1. The lowest BCUT2D eigenvalue weighted by Gasteiger charge is -2.32. The monoisotopic (exact) mass is 516 g/mol. The Labute approximate surface area is 228 Å². The number of aliphatic hydroxyl groups is 1. The Balaban J connectivity index is 1.29. The molecule has 196 valence electrons. The number of Topliss-reactive ketones (excluding diaryl/α,β-unsaturated/α-hetero) is 1. The number of anilines is 2. The largest absolute Gasteiger partial charge is 0.507 e. The quantitative estimate of drug-likeness (QED) is 0.198. The highest BCUT2D eigenvalue weighted by molar-refractivity contribution is 6.22. The van der Waals surface area contributed by atoms with E-state index in [0.29, 0.717) is 17.7 Å². The van der Waals surface area contributed by atoms with Crippen LogP contribution < -0.4 is 11.1 Å². The lowest BCUT2D eigenvalue weighted by molar-refractivity contribution is -0.119. The first kappa shape index (κ1) is 24.9. The van der Waals surface area contributed by atoms with Crippen molar-refractivity contribution in [1.82, 2.24) is 0 Å². The van der Waals surface area contributed by atoms with Gasteiger partial charge in [0.15, 0.2) is 11.6 Å². The van der Waals surface area contributed by atoms with E-state index in [9.17, 15) is 14.7 Å². The van der Waals surface area contributed by atoms with Crippen molar-refractivity contribution in [1.29, 1.82) is 0 Å². The lowest BCUT2D eigenvalue weighted by Crippen LogP contribution is -2.37. The van der Waals surface area contributed by atoms with Gasteiger partial charge in [-0.15, -0.1) is 0 Å².